The van der Waals surface area contributed by atoms with Crippen molar-refractivity contribution in [3.63, 3.8) is 0 Å². The third-order valence-corrected chi connectivity index (χ3v) is 7.81. The molecule has 4 aromatic rings. The minimum atomic E-state index is 0.0747. The molecule has 1 atom stereocenters. The molecule has 1 aliphatic carbocycles. The molecule has 2 aromatic carbocycles. The molecule has 8 nitrogen and oxygen atoms in total. The van der Waals surface area contributed by atoms with Gasteiger partial charge in [-0.2, -0.15) is 0 Å². The number of likely N-dealkylation sites (tertiary alicyclic amines) is 1. The number of nitrogens with one attached hydrogen (secondary N) is 1. The van der Waals surface area contributed by atoms with E-state index in [1.807, 2.05) is 41.4 Å². The summed E-state index contributed by atoms with van der Waals surface area (Å²) in [5.41, 5.74) is 17.6. The summed E-state index contributed by atoms with van der Waals surface area (Å²) in [6.45, 7) is 1.54. The van der Waals surface area contributed by atoms with Gasteiger partial charge in [0.1, 0.15) is 5.82 Å². The van der Waals surface area contributed by atoms with Crippen LogP contribution in [0.25, 0.3) is 5.65 Å². The molecule has 190 valence electrons. The van der Waals surface area contributed by atoms with Gasteiger partial charge in [-0.05, 0) is 61.9 Å². The predicted octanol–water partition coefficient (Wildman–Crippen LogP) is 4.67. The summed E-state index contributed by atoms with van der Waals surface area (Å²) in [5.74, 6) is 1.28. The number of hydrogen-bond acceptors (Lipinski definition) is 6. The van der Waals surface area contributed by atoms with Crippen LogP contribution in [-0.2, 0) is 0 Å². The minimum absolute atomic E-state index is 0.0747. The van der Waals surface area contributed by atoms with Crippen LogP contribution in [0.4, 0.5) is 17.2 Å². The highest BCUT2D eigenvalue weighted by Gasteiger charge is 2.28. The van der Waals surface area contributed by atoms with E-state index in [0.29, 0.717) is 29.3 Å². The largest absolute Gasteiger partial charge is 0.382 e. The first-order chi connectivity index (χ1) is 18.0. The van der Waals surface area contributed by atoms with Gasteiger partial charge in [0.05, 0.1) is 17.6 Å². The monoisotopic (exact) mass is 495 g/mol. The molecule has 3 heterocycles. The van der Waals surface area contributed by atoms with Crippen LogP contribution in [0.1, 0.15) is 65.6 Å². The minimum Gasteiger partial charge on any atom is -0.382 e. The van der Waals surface area contributed by atoms with Gasteiger partial charge < -0.3 is 21.7 Å². The van der Waals surface area contributed by atoms with E-state index in [1.165, 1.54) is 5.56 Å². The maximum absolute atomic E-state index is 13.1. The van der Waals surface area contributed by atoms with Crippen molar-refractivity contribution in [1.82, 2.24) is 19.5 Å². The zero-order chi connectivity index (χ0) is 25.4. The summed E-state index contributed by atoms with van der Waals surface area (Å²) in [4.78, 5) is 20.0. The van der Waals surface area contributed by atoms with E-state index in [2.05, 4.69) is 34.7 Å². The van der Waals surface area contributed by atoms with Gasteiger partial charge in [0, 0.05) is 48.3 Å². The lowest BCUT2D eigenvalue weighted by atomic mass is 9.85. The third-order valence-electron chi connectivity index (χ3n) is 7.81. The lowest BCUT2D eigenvalue weighted by Gasteiger charge is -2.24. The normalized spacial score (nSPS) is 21.9. The number of carbonyl (C=O) groups excluding carboxylic acids is 1. The Kier molecular flexibility index (Phi) is 6.26. The van der Waals surface area contributed by atoms with Crippen LogP contribution in [0.2, 0.25) is 0 Å². The molecule has 0 radical (unpaired) electrons. The van der Waals surface area contributed by atoms with Gasteiger partial charge in [-0.15, -0.1) is 5.10 Å². The van der Waals surface area contributed by atoms with Gasteiger partial charge in [0.25, 0.3) is 5.91 Å². The van der Waals surface area contributed by atoms with Crippen molar-refractivity contribution < 1.29 is 4.79 Å². The number of aromatic nitrogens is 3. The van der Waals surface area contributed by atoms with Crippen molar-refractivity contribution in [2.75, 3.05) is 24.1 Å². The summed E-state index contributed by atoms with van der Waals surface area (Å²) in [5, 5.41) is 7.86. The highest BCUT2D eigenvalue weighted by Crippen LogP contribution is 2.33. The number of nitrogens with zero attached hydrogens (tertiary/aromatic N) is 4. The molecule has 1 unspecified atom stereocenters. The first kappa shape index (κ1) is 23.5. The zero-order valence-corrected chi connectivity index (χ0v) is 20.9. The van der Waals surface area contributed by atoms with Crippen LogP contribution in [0.15, 0.2) is 66.9 Å². The molecule has 2 fully saturated rings. The second-order valence-electron chi connectivity index (χ2n) is 10.4. The number of benzene rings is 2. The average molecular weight is 496 g/mol. The SMILES string of the molecule is Nc1cc(Nc2ccc(C(=O)N3CCC(c4ccccc4)C3)cc2)c2nc([C@H]3CC[C@H](N)CC3)cn2n1. The average Bonchev–Trinajstić information content (AvgIpc) is 3.58. The molecule has 37 heavy (non-hydrogen) atoms. The predicted molar refractivity (Wildman–Crippen MR) is 146 cm³/mol. The molecule has 0 spiro atoms. The number of anilines is 3. The van der Waals surface area contributed by atoms with E-state index >= 15 is 0 Å². The van der Waals surface area contributed by atoms with E-state index in [1.54, 1.807) is 10.6 Å². The topological polar surface area (TPSA) is 115 Å². The molecule has 0 bridgehead atoms. The van der Waals surface area contributed by atoms with Gasteiger partial charge in [-0.3, -0.25) is 4.79 Å². The van der Waals surface area contributed by atoms with E-state index < -0.39 is 0 Å². The molecular weight excluding hydrogens is 462 g/mol. The summed E-state index contributed by atoms with van der Waals surface area (Å²) in [7, 11) is 0. The fraction of sp³-hybridized carbons (Fsp3) is 0.345. The van der Waals surface area contributed by atoms with Crippen molar-refractivity contribution in [2.24, 2.45) is 5.73 Å². The number of carbonyl (C=O) groups is 1. The van der Waals surface area contributed by atoms with Gasteiger partial charge in [0.15, 0.2) is 5.65 Å². The van der Waals surface area contributed by atoms with Crippen molar-refractivity contribution in [2.45, 2.75) is 50.0 Å². The smallest absolute Gasteiger partial charge is 0.253 e. The second kappa shape index (κ2) is 9.86. The first-order valence-electron chi connectivity index (χ1n) is 13.2. The van der Waals surface area contributed by atoms with Crippen molar-refractivity contribution >= 4 is 28.7 Å². The van der Waals surface area contributed by atoms with Gasteiger partial charge in [-0.1, -0.05) is 30.3 Å². The Morgan fingerprint density at radius 2 is 1.70 bits per heavy atom. The van der Waals surface area contributed by atoms with Crippen LogP contribution in [0, 0.1) is 0 Å². The van der Waals surface area contributed by atoms with E-state index in [4.69, 9.17) is 16.5 Å². The van der Waals surface area contributed by atoms with Crippen LogP contribution >= 0.6 is 0 Å². The Balaban J connectivity index is 1.16. The first-order valence-corrected chi connectivity index (χ1v) is 13.2. The molecule has 2 aromatic heterocycles. The molecule has 1 amide bonds. The second-order valence-corrected chi connectivity index (χ2v) is 10.4. The van der Waals surface area contributed by atoms with Gasteiger partial charge in [-0.25, -0.2) is 9.50 Å². The summed E-state index contributed by atoms with van der Waals surface area (Å²) in [6, 6.07) is 20.2. The Bertz CT molecular complexity index is 1390. The number of imidazole rings is 1. The van der Waals surface area contributed by atoms with E-state index in [-0.39, 0.29) is 5.91 Å². The standard InChI is InChI=1S/C29H33N7O/c30-23-10-6-20(7-11-23)26-18-36-28(33-26)25(16-27(31)34-36)32-24-12-8-21(9-13-24)29(37)35-15-14-22(17-35)19-4-2-1-3-5-19/h1-5,8-9,12-13,16,18,20,22-23,32H,6-7,10-11,14-15,17,30H2,(H2,31,34)/t20-,22?,23-. The molecule has 1 aliphatic heterocycles. The fourth-order valence-corrected chi connectivity index (χ4v) is 5.69. The van der Waals surface area contributed by atoms with Crippen LogP contribution in [-0.4, -0.2) is 44.5 Å². The zero-order valence-electron chi connectivity index (χ0n) is 20.9. The summed E-state index contributed by atoms with van der Waals surface area (Å²) < 4.78 is 1.76. The number of nitrogens with two attached hydrogens (primary N) is 2. The number of fused-ring (bicyclic) bond motifs is 1. The lowest BCUT2D eigenvalue weighted by molar-refractivity contribution is 0.0791. The van der Waals surface area contributed by atoms with E-state index in [9.17, 15) is 4.79 Å². The Hall–Kier alpha value is -3.91. The number of amides is 1. The Labute approximate surface area is 216 Å². The summed E-state index contributed by atoms with van der Waals surface area (Å²) >= 11 is 0. The maximum atomic E-state index is 13.1. The van der Waals surface area contributed by atoms with Crippen molar-refractivity contribution in [1.29, 1.82) is 0 Å². The lowest BCUT2D eigenvalue weighted by Crippen LogP contribution is -2.28. The Morgan fingerprint density at radius 3 is 2.46 bits per heavy atom. The van der Waals surface area contributed by atoms with Crippen LogP contribution in [0.5, 0.6) is 0 Å². The molecule has 5 N–H and O–H groups in total. The third kappa shape index (κ3) is 4.89. The van der Waals surface area contributed by atoms with E-state index in [0.717, 1.165) is 67.9 Å². The number of nitrogen functional groups attached to an aromatic ring is 1. The molecular formula is C29H33N7O. The maximum Gasteiger partial charge on any atom is 0.253 e. The Morgan fingerprint density at radius 1 is 0.946 bits per heavy atom. The highest BCUT2D eigenvalue weighted by molar-refractivity contribution is 5.95. The van der Waals surface area contributed by atoms with Crippen LogP contribution in [0.3, 0.4) is 0 Å². The number of rotatable bonds is 5. The summed E-state index contributed by atoms with van der Waals surface area (Å²) in [6.07, 6.45) is 7.11. The molecule has 6 rings (SSSR count). The van der Waals surface area contributed by atoms with Gasteiger partial charge >= 0.3 is 0 Å². The quantitative estimate of drug-likeness (QED) is 0.371. The van der Waals surface area contributed by atoms with Gasteiger partial charge in [0.2, 0.25) is 0 Å². The fourth-order valence-electron chi connectivity index (χ4n) is 5.69. The van der Waals surface area contributed by atoms with Crippen LogP contribution < -0.4 is 16.8 Å². The molecule has 8 heteroatoms. The highest BCUT2D eigenvalue weighted by atomic mass is 16.2. The van der Waals surface area contributed by atoms with Crippen molar-refractivity contribution in [3.05, 3.63) is 83.7 Å². The number of hydrogen-bond donors (Lipinski definition) is 3. The molecule has 1 saturated heterocycles. The van der Waals surface area contributed by atoms with Crippen molar-refractivity contribution in [3.8, 4) is 0 Å². The molecule has 2 aliphatic rings. The molecule has 1 saturated carbocycles.